The Labute approximate surface area is 129 Å². The van der Waals surface area contributed by atoms with Crippen LogP contribution in [0.25, 0.3) is 10.1 Å². The van der Waals surface area contributed by atoms with Crippen molar-refractivity contribution in [1.82, 2.24) is 4.90 Å². The molecule has 2 fully saturated rings. The van der Waals surface area contributed by atoms with Gasteiger partial charge >= 0.3 is 0 Å². The van der Waals surface area contributed by atoms with Crippen molar-refractivity contribution in [2.45, 2.75) is 44.2 Å². The number of carbonyl (C=O) groups is 1. The van der Waals surface area contributed by atoms with Gasteiger partial charge in [-0.25, -0.2) is 0 Å². The highest BCUT2D eigenvalue weighted by atomic mass is 32.1. The predicted molar refractivity (Wildman–Crippen MR) is 87.8 cm³/mol. The van der Waals surface area contributed by atoms with Crippen LogP contribution >= 0.6 is 11.3 Å². The monoisotopic (exact) mass is 299 g/mol. The van der Waals surface area contributed by atoms with Crippen LogP contribution in [0.2, 0.25) is 0 Å². The Hall–Kier alpha value is -1.19. The molecule has 0 spiro atoms. The Morgan fingerprint density at radius 3 is 2.71 bits per heavy atom. The van der Waals surface area contributed by atoms with Crippen molar-refractivity contribution < 1.29 is 4.79 Å². The third kappa shape index (κ3) is 2.33. The first-order valence-corrected chi connectivity index (χ1v) is 8.80. The highest BCUT2D eigenvalue weighted by Crippen LogP contribution is 2.38. The van der Waals surface area contributed by atoms with Crippen LogP contribution in [0.4, 0.5) is 0 Å². The summed E-state index contributed by atoms with van der Waals surface area (Å²) in [4.78, 5) is 15.2. The lowest BCUT2D eigenvalue weighted by atomic mass is 9.85. The number of hydrogen-bond acceptors (Lipinski definition) is 3. The van der Waals surface area contributed by atoms with E-state index in [9.17, 15) is 4.79 Å². The van der Waals surface area contributed by atoms with Crippen LogP contribution < -0.4 is 0 Å². The normalized spacial score (nSPS) is 29.1. The number of hydrogen-bond donors (Lipinski definition) is 0. The molecule has 2 nitrogen and oxygen atoms in total. The molecule has 0 N–H and O–H groups in total. The molecule has 2 atom stereocenters. The van der Waals surface area contributed by atoms with Gasteiger partial charge in [0.25, 0.3) is 0 Å². The van der Waals surface area contributed by atoms with E-state index in [-0.39, 0.29) is 5.92 Å². The molecule has 0 radical (unpaired) electrons. The summed E-state index contributed by atoms with van der Waals surface area (Å²) in [6.45, 7) is 0. The Kier molecular flexibility index (Phi) is 3.35. The number of carbonyl (C=O) groups excluding carboxylic acids is 1. The van der Waals surface area contributed by atoms with Gasteiger partial charge in [0.05, 0.1) is 0 Å². The third-order valence-corrected chi connectivity index (χ3v) is 6.49. The molecule has 0 amide bonds. The zero-order valence-corrected chi connectivity index (χ0v) is 13.2. The molecule has 4 rings (SSSR count). The molecule has 110 valence electrons. The molecule has 3 heterocycles. The van der Waals surface area contributed by atoms with Gasteiger partial charge in [0.1, 0.15) is 5.78 Å². The molecule has 2 unspecified atom stereocenters. The topological polar surface area (TPSA) is 20.3 Å². The number of nitrogens with zero attached hydrogens (tertiary/aromatic N) is 1. The molecular weight excluding hydrogens is 278 g/mol. The van der Waals surface area contributed by atoms with E-state index in [0.29, 0.717) is 24.3 Å². The average Bonchev–Trinajstić information content (AvgIpc) is 2.96. The number of fused-ring (bicyclic) bond motifs is 3. The molecule has 1 aromatic carbocycles. The Bertz CT molecular complexity index is 663. The van der Waals surface area contributed by atoms with Crippen molar-refractivity contribution >= 4 is 27.2 Å². The van der Waals surface area contributed by atoms with Crippen molar-refractivity contribution in [3.05, 3.63) is 35.2 Å². The quantitative estimate of drug-likeness (QED) is 0.857. The third-order valence-electron chi connectivity index (χ3n) is 5.48. The maximum Gasteiger partial charge on any atom is 0.140 e. The van der Waals surface area contributed by atoms with Crippen molar-refractivity contribution in [1.29, 1.82) is 0 Å². The fourth-order valence-electron chi connectivity index (χ4n) is 4.18. The van der Waals surface area contributed by atoms with Gasteiger partial charge < -0.3 is 4.90 Å². The van der Waals surface area contributed by atoms with E-state index in [1.54, 1.807) is 11.3 Å². The molecule has 2 bridgehead atoms. The summed E-state index contributed by atoms with van der Waals surface area (Å²) in [6.07, 6.45) is 5.35. The molecule has 3 heteroatoms. The lowest BCUT2D eigenvalue weighted by Crippen LogP contribution is -2.42. The highest BCUT2D eigenvalue weighted by Gasteiger charge is 2.40. The second-order valence-corrected chi connectivity index (χ2v) is 7.53. The van der Waals surface area contributed by atoms with E-state index in [1.165, 1.54) is 28.5 Å². The average molecular weight is 299 g/mol. The smallest absolute Gasteiger partial charge is 0.140 e. The molecule has 21 heavy (non-hydrogen) atoms. The van der Waals surface area contributed by atoms with Crippen molar-refractivity contribution in [3.8, 4) is 0 Å². The van der Waals surface area contributed by atoms with Gasteiger partial charge in [-0.2, -0.15) is 0 Å². The fourth-order valence-corrected chi connectivity index (χ4v) is 5.14. The van der Waals surface area contributed by atoms with Gasteiger partial charge in [-0.15, -0.1) is 11.3 Å². The minimum atomic E-state index is 0.289. The van der Waals surface area contributed by atoms with Gasteiger partial charge in [-0.1, -0.05) is 18.2 Å². The van der Waals surface area contributed by atoms with Crippen LogP contribution in [0.15, 0.2) is 29.6 Å². The van der Waals surface area contributed by atoms with Crippen LogP contribution in [0.1, 0.15) is 31.2 Å². The lowest BCUT2D eigenvalue weighted by Gasteiger charge is -2.35. The summed E-state index contributed by atoms with van der Waals surface area (Å²) >= 11 is 1.76. The van der Waals surface area contributed by atoms with Crippen molar-refractivity contribution in [2.75, 3.05) is 7.05 Å². The second-order valence-electron chi connectivity index (χ2n) is 6.62. The maximum atomic E-state index is 12.7. The molecule has 2 saturated heterocycles. The summed E-state index contributed by atoms with van der Waals surface area (Å²) in [5, 5.41) is 3.44. The number of benzene rings is 1. The van der Waals surface area contributed by atoms with Gasteiger partial charge in [-0.05, 0) is 55.1 Å². The molecule has 1 aromatic heterocycles. The first-order valence-electron chi connectivity index (χ1n) is 7.92. The predicted octanol–water partition coefficient (Wildman–Crippen LogP) is 3.89. The molecule has 0 aliphatic carbocycles. The molecule has 2 aromatic rings. The number of piperidine rings is 1. The van der Waals surface area contributed by atoms with Crippen LogP contribution in [0, 0.1) is 5.92 Å². The van der Waals surface area contributed by atoms with E-state index < -0.39 is 0 Å². The van der Waals surface area contributed by atoms with Crippen LogP contribution in [-0.4, -0.2) is 29.8 Å². The lowest BCUT2D eigenvalue weighted by molar-refractivity contribution is -0.124. The van der Waals surface area contributed by atoms with Gasteiger partial charge in [-0.3, -0.25) is 4.79 Å². The molecule has 0 saturated carbocycles. The SMILES string of the molecule is CN1C2CCC1CC(C(=O)Cc1csc3ccccc13)C2. The van der Waals surface area contributed by atoms with Crippen molar-refractivity contribution in [3.63, 3.8) is 0 Å². The van der Waals surface area contributed by atoms with Gasteiger partial charge in [0, 0.05) is 29.1 Å². The number of Topliss-reactive ketones (excluding diaryl/α,β-unsaturated/α-hetero) is 1. The van der Waals surface area contributed by atoms with Crippen LogP contribution in [-0.2, 0) is 11.2 Å². The Morgan fingerprint density at radius 1 is 1.24 bits per heavy atom. The summed E-state index contributed by atoms with van der Waals surface area (Å²) in [6, 6.07) is 9.72. The van der Waals surface area contributed by atoms with Crippen LogP contribution in [0.5, 0.6) is 0 Å². The minimum absolute atomic E-state index is 0.289. The standard InChI is InChI=1S/C18H21NOS/c1-19-14-6-7-15(19)9-12(8-14)17(20)10-13-11-21-18-5-3-2-4-16(13)18/h2-5,11-12,14-15H,6-10H2,1H3. The van der Waals surface area contributed by atoms with Crippen molar-refractivity contribution in [2.24, 2.45) is 5.92 Å². The van der Waals surface area contributed by atoms with Gasteiger partial charge in [0.2, 0.25) is 0 Å². The fraction of sp³-hybridized carbons (Fsp3) is 0.500. The Morgan fingerprint density at radius 2 is 1.95 bits per heavy atom. The summed E-state index contributed by atoms with van der Waals surface area (Å²) in [5.74, 6) is 0.751. The van der Waals surface area contributed by atoms with E-state index >= 15 is 0 Å². The van der Waals surface area contributed by atoms with E-state index in [0.717, 1.165) is 12.8 Å². The summed E-state index contributed by atoms with van der Waals surface area (Å²) in [7, 11) is 2.23. The molecule has 2 aliphatic heterocycles. The van der Waals surface area contributed by atoms with Gasteiger partial charge in [0.15, 0.2) is 0 Å². The number of rotatable bonds is 3. The van der Waals surface area contributed by atoms with E-state index in [4.69, 9.17) is 0 Å². The molecular formula is C18H21NOS. The Balaban J connectivity index is 1.51. The zero-order chi connectivity index (χ0) is 14.4. The maximum absolute atomic E-state index is 12.7. The number of thiophene rings is 1. The van der Waals surface area contributed by atoms with E-state index in [1.807, 2.05) is 0 Å². The summed E-state index contributed by atoms with van der Waals surface area (Å²) in [5.41, 5.74) is 1.23. The van der Waals surface area contributed by atoms with E-state index in [2.05, 4.69) is 41.6 Å². The zero-order valence-electron chi connectivity index (χ0n) is 12.4. The molecule has 2 aliphatic rings. The number of ketones is 1. The minimum Gasteiger partial charge on any atom is -0.300 e. The first kappa shape index (κ1) is 13.5. The highest BCUT2D eigenvalue weighted by molar-refractivity contribution is 7.17. The van der Waals surface area contributed by atoms with Crippen LogP contribution in [0.3, 0.4) is 0 Å². The second kappa shape index (κ2) is 5.22. The first-order chi connectivity index (χ1) is 10.2. The summed E-state index contributed by atoms with van der Waals surface area (Å²) < 4.78 is 1.30. The largest absolute Gasteiger partial charge is 0.300 e.